The molecule has 6 aromatic carbocycles. The average molecular weight is 1190 g/mol. The molecule has 2 aliphatic carbocycles. The fraction of sp³-hybridized carbons (Fsp3) is 0.250. The quantitative estimate of drug-likeness (QED) is 0.0823. The molecule has 2 fully saturated rings. The lowest BCUT2D eigenvalue weighted by Gasteiger charge is -2.16. The molecular formula is C64H62BrClN8O8. The maximum atomic E-state index is 13.9. The summed E-state index contributed by atoms with van der Waals surface area (Å²) in [6.45, 7) is 7.96. The van der Waals surface area contributed by atoms with Crippen LogP contribution in [0, 0.1) is 13.8 Å². The lowest BCUT2D eigenvalue weighted by Crippen LogP contribution is -2.28. The van der Waals surface area contributed by atoms with Crippen molar-refractivity contribution in [3.8, 4) is 67.9 Å². The van der Waals surface area contributed by atoms with E-state index in [1.165, 1.54) is 0 Å². The van der Waals surface area contributed by atoms with Crippen molar-refractivity contribution in [3.05, 3.63) is 233 Å². The first-order chi connectivity index (χ1) is 39.0. The van der Waals surface area contributed by atoms with Gasteiger partial charge in [0.15, 0.2) is 11.6 Å². The number of nitrogens with zero attached hydrogens (tertiary/aromatic N) is 6. The Labute approximate surface area is 489 Å². The Balaban J connectivity index is 0.000000193. The zero-order chi connectivity index (χ0) is 55.3. The van der Waals surface area contributed by atoms with Crippen LogP contribution in [0.1, 0.15) is 97.7 Å². The first kappa shape index (κ1) is 58.0. The number of aryl methyl sites for hydroxylation is 4. The number of aromatic amines is 2. The number of nitrogens with one attached hydrogen (secondary N) is 2. The van der Waals surface area contributed by atoms with Gasteiger partial charge in [0.1, 0.15) is 23.1 Å². The molecule has 0 atom stereocenters. The molecule has 0 aliphatic heterocycles. The van der Waals surface area contributed by atoms with Crippen LogP contribution in [-0.2, 0) is 25.7 Å². The minimum Gasteiger partial charge on any atom is -0.490 e. The summed E-state index contributed by atoms with van der Waals surface area (Å²) in [6, 6.07) is 46.9. The van der Waals surface area contributed by atoms with Gasteiger partial charge in [-0.05, 0) is 134 Å². The first-order valence-corrected chi connectivity index (χ1v) is 27.3. The third kappa shape index (κ3) is 13.2. The van der Waals surface area contributed by atoms with Crippen LogP contribution in [0.5, 0.6) is 11.5 Å². The van der Waals surface area contributed by atoms with E-state index in [4.69, 9.17) is 28.5 Å². The van der Waals surface area contributed by atoms with Gasteiger partial charge in [-0.3, -0.25) is 37.7 Å². The molecule has 0 saturated heterocycles. The lowest BCUT2D eigenvalue weighted by atomic mass is 9.96. The second-order valence-corrected chi connectivity index (χ2v) is 20.3. The van der Waals surface area contributed by atoms with Crippen LogP contribution < -0.4 is 32.1 Å². The number of ether oxygens (including phenoxy) is 2. The summed E-state index contributed by atoms with van der Waals surface area (Å²) in [7, 11) is 0. The Morgan fingerprint density at radius 2 is 0.854 bits per heavy atom. The van der Waals surface area contributed by atoms with Crippen molar-refractivity contribution in [2.45, 2.75) is 104 Å². The zero-order valence-corrected chi connectivity index (χ0v) is 48.4. The van der Waals surface area contributed by atoms with Gasteiger partial charge in [0, 0.05) is 35.1 Å². The molecule has 18 heteroatoms. The maximum absolute atomic E-state index is 13.9. The van der Waals surface area contributed by atoms with Gasteiger partial charge in [-0.15, -0.1) is 29.4 Å². The number of rotatable bonds is 18. The monoisotopic (exact) mass is 1180 g/mol. The molecule has 0 radical (unpaired) electrons. The SMILES string of the molecule is Br.CCCc1nc(C)n(-c2ccc(OC3CC3)cc2)c(=O)c1Cc1ccc(-c2ccccc2-c2noc(=O)[nH]2)cc1.CCCc1nc(C)n(-c2ccc(OC3CC3)cc2)c(=O)c1Cc1ccc(-c2ccccc2-c2noc(=O)[nH]2)cc1.Cl. The summed E-state index contributed by atoms with van der Waals surface area (Å²) in [6.07, 6.45) is 9.27. The van der Waals surface area contributed by atoms with Crippen molar-refractivity contribution >= 4 is 29.4 Å². The third-order valence-corrected chi connectivity index (χ3v) is 14.2. The minimum absolute atomic E-state index is 0. The van der Waals surface area contributed by atoms with Crippen molar-refractivity contribution in [1.82, 2.24) is 39.4 Å². The van der Waals surface area contributed by atoms with E-state index in [9.17, 15) is 19.2 Å². The minimum atomic E-state index is -0.595. The molecule has 16 nitrogen and oxygen atoms in total. The average Bonchev–Trinajstić information content (AvgIpc) is 4.47. The largest absolute Gasteiger partial charge is 0.490 e. The summed E-state index contributed by atoms with van der Waals surface area (Å²) in [5.74, 6) is 2.57. The normalized spacial score (nSPS) is 12.6. The van der Waals surface area contributed by atoms with Crippen molar-refractivity contribution in [2.75, 3.05) is 0 Å². The highest BCUT2D eigenvalue weighted by atomic mass is 79.9. The highest BCUT2D eigenvalue weighted by Crippen LogP contribution is 2.33. The fourth-order valence-corrected chi connectivity index (χ4v) is 9.98. The molecule has 0 spiro atoms. The Morgan fingerprint density at radius 1 is 0.500 bits per heavy atom. The van der Waals surface area contributed by atoms with E-state index in [1.807, 2.05) is 159 Å². The molecule has 0 bridgehead atoms. The molecule has 12 rings (SSSR count). The molecule has 4 heterocycles. The third-order valence-electron chi connectivity index (χ3n) is 14.2. The topological polar surface area (TPSA) is 206 Å². The summed E-state index contributed by atoms with van der Waals surface area (Å²) < 4.78 is 24.6. The first-order valence-electron chi connectivity index (χ1n) is 27.3. The number of aromatic nitrogens is 8. The van der Waals surface area contributed by atoms with Crippen LogP contribution in [0.2, 0.25) is 0 Å². The number of H-pyrrole nitrogens is 2. The number of hydrogen-bond donors (Lipinski definition) is 2. The predicted molar refractivity (Wildman–Crippen MR) is 324 cm³/mol. The van der Waals surface area contributed by atoms with Gasteiger partial charge < -0.3 is 9.47 Å². The molecule has 2 saturated carbocycles. The van der Waals surface area contributed by atoms with Crippen LogP contribution in [0.25, 0.3) is 56.4 Å². The van der Waals surface area contributed by atoms with Crippen molar-refractivity contribution < 1.29 is 18.5 Å². The van der Waals surface area contributed by atoms with Gasteiger partial charge in [-0.25, -0.2) is 19.6 Å². The van der Waals surface area contributed by atoms with Crippen molar-refractivity contribution in [1.29, 1.82) is 0 Å². The van der Waals surface area contributed by atoms with Gasteiger partial charge in [-0.1, -0.05) is 134 Å². The van der Waals surface area contributed by atoms with E-state index in [-0.39, 0.29) is 40.5 Å². The van der Waals surface area contributed by atoms with E-state index in [0.717, 1.165) is 130 Å². The summed E-state index contributed by atoms with van der Waals surface area (Å²) in [4.78, 5) is 65.8. The van der Waals surface area contributed by atoms with E-state index in [2.05, 4.69) is 34.1 Å². The summed E-state index contributed by atoms with van der Waals surface area (Å²) >= 11 is 0. The van der Waals surface area contributed by atoms with Gasteiger partial charge in [0.25, 0.3) is 11.1 Å². The molecule has 0 amide bonds. The van der Waals surface area contributed by atoms with Crippen LogP contribution >= 0.6 is 29.4 Å². The van der Waals surface area contributed by atoms with E-state index in [1.54, 1.807) is 9.13 Å². The summed E-state index contributed by atoms with van der Waals surface area (Å²) in [5, 5.41) is 7.70. The Kier molecular flexibility index (Phi) is 18.3. The van der Waals surface area contributed by atoms with Crippen LogP contribution in [0.15, 0.2) is 174 Å². The standard InChI is InChI=1S/2C32H30N4O4.BrH.ClH/c2*1-3-6-29-28(31(37)36(20(2)33-29)23-13-15-24(16-14-23)39-25-17-18-25)19-21-9-11-22(12-10-21)26-7-4-5-8-27(26)30-34-32(38)40-35-30;;/h2*4-5,7-16,25H,3,6,17-19H2,1-2H3,(H,34,35,38);2*1H. The van der Waals surface area contributed by atoms with Crippen LogP contribution in [0.4, 0.5) is 0 Å². The van der Waals surface area contributed by atoms with Crippen LogP contribution in [0.3, 0.4) is 0 Å². The fourth-order valence-electron chi connectivity index (χ4n) is 9.98. The molecule has 82 heavy (non-hydrogen) atoms. The molecular weight excluding hydrogens is 1120 g/mol. The summed E-state index contributed by atoms with van der Waals surface area (Å²) in [5.41, 5.74) is 11.9. The second-order valence-electron chi connectivity index (χ2n) is 20.3. The van der Waals surface area contributed by atoms with E-state index in [0.29, 0.717) is 59.5 Å². The highest BCUT2D eigenvalue weighted by molar-refractivity contribution is 8.93. The molecule has 2 aliphatic rings. The van der Waals surface area contributed by atoms with Gasteiger partial charge in [0.2, 0.25) is 0 Å². The number of halogens is 2. The zero-order valence-electron chi connectivity index (χ0n) is 45.8. The predicted octanol–water partition coefficient (Wildman–Crippen LogP) is 12.3. The number of benzene rings is 6. The van der Waals surface area contributed by atoms with Crippen LogP contribution in [-0.4, -0.2) is 51.6 Å². The number of hydrogen-bond acceptors (Lipinski definition) is 12. The van der Waals surface area contributed by atoms with E-state index >= 15 is 0 Å². The van der Waals surface area contributed by atoms with Crippen molar-refractivity contribution in [3.63, 3.8) is 0 Å². The van der Waals surface area contributed by atoms with Crippen molar-refractivity contribution in [2.24, 2.45) is 0 Å². The van der Waals surface area contributed by atoms with Gasteiger partial charge in [-0.2, -0.15) is 0 Å². The van der Waals surface area contributed by atoms with E-state index < -0.39 is 11.5 Å². The Morgan fingerprint density at radius 3 is 1.17 bits per heavy atom. The molecule has 10 aromatic rings. The van der Waals surface area contributed by atoms with Gasteiger partial charge >= 0.3 is 11.5 Å². The molecule has 4 aromatic heterocycles. The Hall–Kier alpha value is -8.67. The second kappa shape index (κ2) is 25.8. The molecule has 420 valence electrons. The molecule has 0 unspecified atom stereocenters. The lowest BCUT2D eigenvalue weighted by molar-refractivity contribution is 0.303. The smallest absolute Gasteiger partial charge is 0.439 e. The maximum Gasteiger partial charge on any atom is 0.439 e. The molecule has 2 N–H and O–H groups in total. The van der Waals surface area contributed by atoms with Gasteiger partial charge in [0.05, 0.1) is 35.0 Å². The highest BCUT2D eigenvalue weighted by Gasteiger charge is 2.25. The Bertz CT molecular complexity index is 3800.